The lowest BCUT2D eigenvalue weighted by molar-refractivity contribution is 0.102. The predicted molar refractivity (Wildman–Crippen MR) is 114 cm³/mol. The van der Waals surface area contributed by atoms with Crippen molar-refractivity contribution in [1.82, 2.24) is 24.4 Å². The number of anilines is 1. The number of nitrogens with zero attached hydrogens (tertiary/aromatic N) is 5. The summed E-state index contributed by atoms with van der Waals surface area (Å²) in [4.78, 5) is 16.8. The fourth-order valence-electron chi connectivity index (χ4n) is 2.83. The van der Waals surface area contributed by atoms with Gasteiger partial charge in [0.15, 0.2) is 11.5 Å². The van der Waals surface area contributed by atoms with Crippen molar-refractivity contribution in [3.63, 3.8) is 0 Å². The van der Waals surface area contributed by atoms with Crippen molar-refractivity contribution < 1.29 is 4.79 Å². The van der Waals surface area contributed by atoms with Crippen LogP contribution >= 0.6 is 23.1 Å². The Balaban J connectivity index is 1.59. The Morgan fingerprint density at radius 2 is 1.86 bits per heavy atom. The lowest BCUT2D eigenvalue weighted by atomic mass is 10.1. The Bertz CT molecular complexity index is 1200. The highest BCUT2D eigenvalue weighted by Gasteiger charge is 2.19. The number of carbonyl (C=O) groups is 1. The maximum atomic E-state index is 12.4. The summed E-state index contributed by atoms with van der Waals surface area (Å²) in [7, 11) is 0. The summed E-state index contributed by atoms with van der Waals surface area (Å²) in [5.41, 5.74) is 4.74. The van der Waals surface area contributed by atoms with E-state index in [1.165, 1.54) is 0 Å². The van der Waals surface area contributed by atoms with Crippen molar-refractivity contribution in [3.8, 4) is 17.2 Å². The number of hydrogen-bond acceptors (Lipinski definition) is 6. The average Bonchev–Trinajstić information content (AvgIpc) is 3.31. The number of halogens is 1. The van der Waals surface area contributed by atoms with E-state index in [4.69, 9.17) is 11.6 Å². The predicted octanol–water partition coefficient (Wildman–Crippen LogP) is 4.62. The first-order valence-electron chi connectivity index (χ1n) is 8.84. The fourth-order valence-corrected chi connectivity index (χ4v) is 3.57. The highest BCUT2D eigenvalue weighted by molar-refractivity contribution is 7.10. The van der Waals surface area contributed by atoms with Gasteiger partial charge in [0, 0.05) is 22.1 Å². The summed E-state index contributed by atoms with van der Waals surface area (Å²) in [5.74, 6) is 0.181. The molecule has 2 aromatic heterocycles. The Labute approximate surface area is 176 Å². The van der Waals surface area contributed by atoms with Gasteiger partial charge in [0.05, 0.1) is 11.4 Å². The van der Waals surface area contributed by atoms with Crippen LogP contribution in [0.4, 0.5) is 5.13 Å². The maximum Gasteiger partial charge on any atom is 0.257 e. The minimum Gasteiger partial charge on any atom is -0.297 e. The molecule has 1 amide bonds. The van der Waals surface area contributed by atoms with E-state index in [1.54, 1.807) is 16.8 Å². The van der Waals surface area contributed by atoms with E-state index < -0.39 is 0 Å². The van der Waals surface area contributed by atoms with Gasteiger partial charge in [0.2, 0.25) is 5.13 Å². The summed E-state index contributed by atoms with van der Waals surface area (Å²) in [6.07, 6.45) is 0. The van der Waals surface area contributed by atoms with Crippen LogP contribution in [-0.2, 0) is 0 Å². The van der Waals surface area contributed by atoms with Crippen LogP contribution in [0.15, 0.2) is 42.5 Å². The van der Waals surface area contributed by atoms with Crippen molar-refractivity contribution in [1.29, 1.82) is 0 Å². The number of aryl methyl sites for hydroxylation is 1. The summed E-state index contributed by atoms with van der Waals surface area (Å²) in [6, 6.07) is 12.9. The molecule has 0 atom stereocenters. The largest absolute Gasteiger partial charge is 0.297 e. The Morgan fingerprint density at radius 1 is 1.10 bits per heavy atom. The number of benzene rings is 2. The van der Waals surface area contributed by atoms with E-state index in [9.17, 15) is 4.79 Å². The van der Waals surface area contributed by atoms with Crippen molar-refractivity contribution in [2.24, 2.45) is 0 Å². The molecule has 0 aliphatic heterocycles. The van der Waals surface area contributed by atoms with Crippen LogP contribution in [0, 0.1) is 20.8 Å². The zero-order valence-electron chi connectivity index (χ0n) is 16.0. The molecule has 0 bridgehead atoms. The normalized spacial score (nSPS) is 10.9. The monoisotopic (exact) mass is 424 g/mol. The summed E-state index contributed by atoms with van der Waals surface area (Å²) >= 11 is 7.32. The van der Waals surface area contributed by atoms with E-state index in [2.05, 4.69) is 25.0 Å². The summed E-state index contributed by atoms with van der Waals surface area (Å²) < 4.78 is 6.04. The molecule has 9 heteroatoms. The lowest BCUT2D eigenvalue weighted by Gasteiger charge is -2.08. The van der Waals surface area contributed by atoms with Crippen molar-refractivity contribution in [2.75, 3.05) is 5.32 Å². The molecular formula is C20H17ClN6OS. The van der Waals surface area contributed by atoms with Gasteiger partial charge in [0.25, 0.3) is 5.91 Å². The zero-order chi connectivity index (χ0) is 20.5. The van der Waals surface area contributed by atoms with Gasteiger partial charge in [0.1, 0.15) is 0 Å². The molecule has 0 spiro atoms. The molecule has 0 saturated carbocycles. The number of carbonyl (C=O) groups excluding carboxylic acids is 1. The van der Waals surface area contributed by atoms with Gasteiger partial charge in [-0.2, -0.15) is 9.36 Å². The molecule has 4 aromatic rings. The van der Waals surface area contributed by atoms with Gasteiger partial charge in [-0.1, -0.05) is 40.6 Å². The number of rotatable bonds is 4. The van der Waals surface area contributed by atoms with Crippen LogP contribution in [0.5, 0.6) is 0 Å². The van der Waals surface area contributed by atoms with E-state index in [0.717, 1.165) is 34.0 Å². The minimum absolute atomic E-state index is 0.234. The van der Waals surface area contributed by atoms with Crippen LogP contribution in [0.3, 0.4) is 0 Å². The minimum atomic E-state index is -0.234. The molecule has 0 saturated heterocycles. The SMILES string of the molecule is Cc1ccc(C(=O)Nc2nc(-c3nnn(-c4cccc(Cl)c4C)c3C)ns2)cc1. The zero-order valence-corrected chi connectivity index (χ0v) is 17.5. The molecular weight excluding hydrogens is 408 g/mol. The number of hydrogen-bond donors (Lipinski definition) is 1. The Morgan fingerprint density at radius 3 is 2.62 bits per heavy atom. The summed E-state index contributed by atoms with van der Waals surface area (Å²) in [5, 5.41) is 12.3. The maximum absolute atomic E-state index is 12.4. The van der Waals surface area contributed by atoms with Crippen molar-refractivity contribution >= 4 is 34.2 Å². The highest BCUT2D eigenvalue weighted by atomic mass is 35.5. The standard InChI is InChI=1S/C20H17ClN6OS/c1-11-7-9-14(10-8-11)19(28)23-20-22-18(25-29-20)17-13(3)27(26-24-17)16-6-4-5-15(21)12(16)2/h4-10H,1-3H3,(H,22,23,25,28). The van der Waals surface area contributed by atoms with E-state index in [0.29, 0.717) is 27.2 Å². The quantitative estimate of drug-likeness (QED) is 0.516. The van der Waals surface area contributed by atoms with E-state index >= 15 is 0 Å². The van der Waals surface area contributed by atoms with Gasteiger partial charge >= 0.3 is 0 Å². The number of aromatic nitrogens is 5. The molecule has 146 valence electrons. The van der Waals surface area contributed by atoms with Gasteiger partial charge in [-0.3, -0.25) is 10.1 Å². The van der Waals surface area contributed by atoms with E-state index in [1.807, 2.05) is 51.1 Å². The molecule has 4 rings (SSSR count). The molecule has 0 radical (unpaired) electrons. The van der Waals surface area contributed by atoms with Crippen LogP contribution in [-0.4, -0.2) is 30.3 Å². The Kier molecular flexibility index (Phi) is 5.12. The Hall–Kier alpha value is -3.10. The molecule has 2 aromatic carbocycles. The van der Waals surface area contributed by atoms with Crippen molar-refractivity contribution in [2.45, 2.75) is 20.8 Å². The molecule has 1 N–H and O–H groups in total. The van der Waals surface area contributed by atoms with Crippen molar-refractivity contribution in [3.05, 3.63) is 69.9 Å². The van der Waals surface area contributed by atoms with Gasteiger partial charge in [-0.25, -0.2) is 4.68 Å². The average molecular weight is 425 g/mol. The van der Waals surface area contributed by atoms with Crippen LogP contribution in [0.2, 0.25) is 5.02 Å². The molecule has 0 aliphatic carbocycles. The second kappa shape index (κ2) is 7.73. The summed E-state index contributed by atoms with van der Waals surface area (Å²) in [6.45, 7) is 5.79. The number of nitrogens with one attached hydrogen (secondary N) is 1. The van der Waals surface area contributed by atoms with Gasteiger partial charge in [-0.15, -0.1) is 5.10 Å². The lowest BCUT2D eigenvalue weighted by Crippen LogP contribution is -2.11. The van der Waals surface area contributed by atoms with Crippen LogP contribution < -0.4 is 5.32 Å². The van der Waals surface area contributed by atoms with Gasteiger partial charge in [-0.05, 0) is 50.6 Å². The molecule has 2 heterocycles. The third-order valence-electron chi connectivity index (χ3n) is 4.53. The highest BCUT2D eigenvalue weighted by Crippen LogP contribution is 2.27. The molecule has 29 heavy (non-hydrogen) atoms. The molecule has 0 fully saturated rings. The smallest absolute Gasteiger partial charge is 0.257 e. The van der Waals surface area contributed by atoms with Gasteiger partial charge < -0.3 is 0 Å². The second-order valence-corrected chi connectivity index (χ2v) is 7.72. The second-order valence-electron chi connectivity index (χ2n) is 6.56. The first kappa shape index (κ1) is 19.2. The topological polar surface area (TPSA) is 85.6 Å². The van der Waals surface area contributed by atoms with E-state index in [-0.39, 0.29) is 5.91 Å². The van der Waals surface area contributed by atoms with Crippen LogP contribution in [0.25, 0.3) is 17.2 Å². The first-order chi connectivity index (χ1) is 13.9. The fraction of sp³-hybridized carbons (Fsp3) is 0.150. The molecule has 0 unspecified atom stereocenters. The first-order valence-corrected chi connectivity index (χ1v) is 9.99. The molecule has 0 aliphatic rings. The third kappa shape index (κ3) is 3.76. The third-order valence-corrected chi connectivity index (χ3v) is 5.57. The number of amides is 1. The van der Waals surface area contributed by atoms with Crippen LogP contribution in [0.1, 0.15) is 27.2 Å². The molecule has 7 nitrogen and oxygen atoms in total.